The molecule has 0 aliphatic heterocycles. The van der Waals surface area contributed by atoms with Gasteiger partial charge in [-0.1, -0.05) is 0 Å². The van der Waals surface area contributed by atoms with Crippen LogP contribution < -0.4 is 16.2 Å². The van der Waals surface area contributed by atoms with Crippen molar-refractivity contribution in [3.8, 4) is 0 Å². The average Bonchev–Trinajstić information content (AvgIpc) is 2.31. The van der Waals surface area contributed by atoms with Gasteiger partial charge in [0.1, 0.15) is 5.82 Å². The number of likely N-dealkylation sites (N-methyl/N-ethyl adjacent to an activating group) is 1. The van der Waals surface area contributed by atoms with Crippen LogP contribution in [-0.4, -0.2) is 36.3 Å². The van der Waals surface area contributed by atoms with E-state index in [2.05, 4.69) is 34.1 Å². The smallest absolute Gasteiger partial charge is 0.239 e. The second kappa shape index (κ2) is 6.24. The van der Waals surface area contributed by atoms with E-state index < -0.39 is 0 Å². The zero-order valence-corrected chi connectivity index (χ0v) is 9.97. The average molecular weight is 225 g/mol. The number of nitrogens with two attached hydrogens (primary N) is 1. The summed E-state index contributed by atoms with van der Waals surface area (Å²) >= 11 is 0. The predicted octanol–water partition coefficient (Wildman–Crippen LogP) is 0.623. The van der Waals surface area contributed by atoms with E-state index in [4.69, 9.17) is 10.6 Å². The van der Waals surface area contributed by atoms with E-state index in [1.807, 2.05) is 6.07 Å². The Morgan fingerprint density at radius 3 is 2.94 bits per heavy atom. The monoisotopic (exact) mass is 225 g/mol. The third kappa shape index (κ3) is 3.04. The van der Waals surface area contributed by atoms with Crippen molar-refractivity contribution in [1.29, 1.82) is 0 Å². The van der Waals surface area contributed by atoms with Gasteiger partial charge in [0.25, 0.3) is 0 Å². The maximum Gasteiger partial charge on any atom is 0.239 e. The molecule has 90 valence electrons. The number of aromatic nitrogens is 2. The van der Waals surface area contributed by atoms with Gasteiger partial charge in [0.2, 0.25) is 5.95 Å². The molecule has 1 heterocycles. The molecule has 0 saturated heterocycles. The maximum absolute atomic E-state index is 5.28. The van der Waals surface area contributed by atoms with Crippen molar-refractivity contribution in [1.82, 2.24) is 9.97 Å². The summed E-state index contributed by atoms with van der Waals surface area (Å²) in [6.45, 7) is 5.67. The van der Waals surface area contributed by atoms with Crippen molar-refractivity contribution in [3.63, 3.8) is 0 Å². The lowest BCUT2D eigenvalue weighted by atomic mass is 10.3. The number of nitrogens with zero attached hydrogens (tertiary/aromatic N) is 3. The van der Waals surface area contributed by atoms with Crippen LogP contribution in [0.15, 0.2) is 12.3 Å². The minimum Gasteiger partial charge on any atom is -0.383 e. The third-order valence-electron chi connectivity index (χ3n) is 2.34. The largest absolute Gasteiger partial charge is 0.383 e. The third-order valence-corrected chi connectivity index (χ3v) is 2.34. The first-order chi connectivity index (χ1) is 7.72. The number of anilines is 2. The normalized spacial score (nSPS) is 12.2. The van der Waals surface area contributed by atoms with Gasteiger partial charge in [-0.2, -0.15) is 4.98 Å². The van der Waals surface area contributed by atoms with E-state index in [1.165, 1.54) is 0 Å². The summed E-state index contributed by atoms with van der Waals surface area (Å²) in [4.78, 5) is 10.4. The van der Waals surface area contributed by atoms with E-state index in [0.717, 1.165) is 12.4 Å². The predicted molar refractivity (Wildman–Crippen MR) is 64.2 cm³/mol. The molecule has 6 heteroatoms. The van der Waals surface area contributed by atoms with Gasteiger partial charge in [-0.05, 0) is 19.9 Å². The summed E-state index contributed by atoms with van der Waals surface area (Å²) in [6.07, 6.45) is 1.68. The van der Waals surface area contributed by atoms with Crippen molar-refractivity contribution in [2.24, 2.45) is 5.84 Å². The van der Waals surface area contributed by atoms with E-state index in [9.17, 15) is 0 Å². The second-order valence-electron chi connectivity index (χ2n) is 3.47. The SMILES string of the molecule is CCN(c1ccnc(NN)n1)C(C)COC. The fourth-order valence-electron chi connectivity index (χ4n) is 1.61. The Morgan fingerprint density at radius 1 is 1.62 bits per heavy atom. The van der Waals surface area contributed by atoms with E-state index >= 15 is 0 Å². The van der Waals surface area contributed by atoms with Crippen LogP contribution in [0.2, 0.25) is 0 Å². The molecule has 0 aliphatic carbocycles. The molecule has 0 spiro atoms. The molecule has 1 unspecified atom stereocenters. The highest BCUT2D eigenvalue weighted by atomic mass is 16.5. The molecule has 1 aromatic rings. The quantitative estimate of drug-likeness (QED) is 0.546. The summed E-state index contributed by atoms with van der Waals surface area (Å²) < 4.78 is 5.14. The van der Waals surface area contributed by atoms with Crippen LogP contribution in [-0.2, 0) is 4.74 Å². The van der Waals surface area contributed by atoms with E-state index in [0.29, 0.717) is 12.6 Å². The van der Waals surface area contributed by atoms with Gasteiger partial charge >= 0.3 is 0 Å². The van der Waals surface area contributed by atoms with Crippen LogP contribution in [0, 0.1) is 0 Å². The fourth-order valence-corrected chi connectivity index (χ4v) is 1.61. The number of hydrazine groups is 1. The molecule has 6 nitrogen and oxygen atoms in total. The highest BCUT2D eigenvalue weighted by Gasteiger charge is 2.14. The number of methoxy groups -OCH3 is 1. The van der Waals surface area contributed by atoms with Crippen molar-refractivity contribution in [2.75, 3.05) is 30.6 Å². The molecule has 1 rings (SSSR count). The summed E-state index contributed by atoms with van der Waals surface area (Å²) in [5.74, 6) is 6.54. The summed E-state index contributed by atoms with van der Waals surface area (Å²) in [5.41, 5.74) is 2.44. The van der Waals surface area contributed by atoms with Crippen LogP contribution in [0.1, 0.15) is 13.8 Å². The van der Waals surface area contributed by atoms with Gasteiger partial charge in [-0.15, -0.1) is 0 Å². The number of hydrogen-bond donors (Lipinski definition) is 2. The summed E-state index contributed by atoms with van der Waals surface area (Å²) in [6, 6.07) is 2.12. The number of ether oxygens (including phenoxy) is 1. The summed E-state index contributed by atoms with van der Waals surface area (Å²) in [5, 5.41) is 0. The molecule has 3 N–H and O–H groups in total. The first kappa shape index (κ1) is 12.7. The maximum atomic E-state index is 5.28. The van der Waals surface area contributed by atoms with Crippen LogP contribution in [0.3, 0.4) is 0 Å². The zero-order valence-electron chi connectivity index (χ0n) is 9.97. The van der Waals surface area contributed by atoms with Crippen molar-refractivity contribution in [3.05, 3.63) is 12.3 Å². The molecule has 0 bridgehead atoms. The van der Waals surface area contributed by atoms with Crippen LogP contribution in [0.4, 0.5) is 11.8 Å². The minimum atomic E-state index is 0.260. The first-order valence-corrected chi connectivity index (χ1v) is 5.28. The molecule has 1 aromatic heterocycles. The molecule has 0 saturated carbocycles. The highest BCUT2D eigenvalue weighted by Crippen LogP contribution is 2.14. The highest BCUT2D eigenvalue weighted by molar-refractivity contribution is 5.42. The van der Waals surface area contributed by atoms with Crippen molar-refractivity contribution in [2.45, 2.75) is 19.9 Å². The Bertz CT molecular complexity index is 320. The Kier molecular flexibility index (Phi) is 4.94. The van der Waals surface area contributed by atoms with Crippen LogP contribution in [0.25, 0.3) is 0 Å². The molecule has 0 amide bonds. The van der Waals surface area contributed by atoms with Crippen LogP contribution >= 0.6 is 0 Å². The van der Waals surface area contributed by atoms with Crippen LogP contribution in [0.5, 0.6) is 0 Å². The van der Waals surface area contributed by atoms with E-state index in [1.54, 1.807) is 13.3 Å². The Labute approximate surface area is 95.8 Å². The number of nitrogens with one attached hydrogen (secondary N) is 1. The lowest BCUT2D eigenvalue weighted by Gasteiger charge is -2.28. The molecular weight excluding hydrogens is 206 g/mol. The molecule has 0 aromatic carbocycles. The Balaban J connectivity index is 2.85. The fraction of sp³-hybridized carbons (Fsp3) is 0.600. The molecule has 0 fully saturated rings. The lowest BCUT2D eigenvalue weighted by molar-refractivity contribution is 0.181. The molecular formula is C10H19N5O. The molecule has 1 atom stereocenters. The topological polar surface area (TPSA) is 76.3 Å². The van der Waals surface area contributed by atoms with Crippen molar-refractivity contribution >= 4 is 11.8 Å². The van der Waals surface area contributed by atoms with Gasteiger partial charge in [-0.3, -0.25) is 5.43 Å². The van der Waals surface area contributed by atoms with Gasteiger partial charge in [0.05, 0.1) is 12.6 Å². The van der Waals surface area contributed by atoms with Gasteiger partial charge in [0, 0.05) is 19.9 Å². The first-order valence-electron chi connectivity index (χ1n) is 5.28. The number of rotatable bonds is 6. The number of hydrogen-bond acceptors (Lipinski definition) is 6. The zero-order chi connectivity index (χ0) is 12.0. The van der Waals surface area contributed by atoms with Gasteiger partial charge < -0.3 is 9.64 Å². The Morgan fingerprint density at radius 2 is 2.38 bits per heavy atom. The van der Waals surface area contributed by atoms with Gasteiger partial charge in [-0.25, -0.2) is 10.8 Å². The standard InChI is InChI=1S/C10H19N5O/c1-4-15(8(2)7-16-3)9-5-6-12-10(13-9)14-11/h5-6,8H,4,7,11H2,1-3H3,(H,12,13,14). The molecule has 16 heavy (non-hydrogen) atoms. The molecule has 0 radical (unpaired) electrons. The summed E-state index contributed by atoms with van der Waals surface area (Å²) in [7, 11) is 1.69. The Hall–Kier alpha value is -1.40. The van der Waals surface area contributed by atoms with E-state index in [-0.39, 0.29) is 6.04 Å². The second-order valence-corrected chi connectivity index (χ2v) is 3.47. The van der Waals surface area contributed by atoms with Crippen molar-refractivity contribution < 1.29 is 4.74 Å². The molecule has 0 aliphatic rings. The lowest BCUT2D eigenvalue weighted by Crippen LogP contribution is -2.36. The number of nitrogen functional groups attached to an aromatic ring is 1. The van der Waals surface area contributed by atoms with Gasteiger partial charge in [0.15, 0.2) is 0 Å². The minimum absolute atomic E-state index is 0.260.